The Morgan fingerprint density at radius 1 is 1.25 bits per heavy atom. The van der Waals surface area contributed by atoms with E-state index in [1.807, 2.05) is 0 Å². The molecule has 4 heteroatoms. The zero-order valence-corrected chi connectivity index (χ0v) is 5.98. The van der Waals surface area contributed by atoms with Crippen LogP contribution in [-0.2, 0) is 0 Å². The molecule has 4 nitrogen and oxygen atoms in total. The molecule has 1 aromatic rings. The Hall–Kier alpha value is -1.71. The lowest BCUT2D eigenvalue weighted by molar-refractivity contribution is 0.0696. The molecule has 12 heavy (non-hydrogen) atoms. The van der Waals surface area contributed by atoms with E-state index in [0.29, 0.717) is 11.5 Å². The first kappa shape index (κ1) is 6.97. The highest BCUT2D eigenvalue weighted by Crippen LogP contribution is 2.33. The van der Waals surface area contributed by atoms with E-state index in [2.05, 4.69) is 0 Å². The third-order valence-electron chi connectivity index (χ3n) is 1.54. The van der Waals surface area contributed by atoms with Gasteiger partial charge in [0, 0.05) is 0 Å². The fourth-order valence-corrected chi connectivity index (χ4v) is 0.958. The molecule has 0 amide bonds. The number of fused-ring (bicyclic) bond motifs is 1. The minimum absolute atomic E-state index is 0.188. The summed E-state index contributed by atoms with van der Waals surface area (Å²) in [5, 5.41) is 8.61. The zero-order valence-electron chi connectivity index (χ0n) is 5.98. The minimum Gasteiger partial charge on any atom is -0.478 e. The molecular weight excluding hydrogens is 160 g/mol. The van der Waals surface area contributed by atoms with Crippen LogP contribution in [0.2, 0.25) is 0 Å². The number of carbonyl (C=O) groups is 1. The Labute approximate surface area is 68.3 Å². The van der Waals surface area contributed by atoms with Crippen LogP contribution in [0.3, 0.4) is 0 Å². The predicted molar refractivity (Wildman–Crippen MR) is 39.0 cm³/mol. The van der Waals surface area contributed by atoms with Crippen molar-refractivity contribution in [2.75, 3.05) is 0 Å². The summed E-state index contributed by atoms with van der Waals surface area (Å²) in [6.07, 6.45) is 0. The molecule has 0 saturated carbocycles. The van der Waals surface area contributed by atoms with Crippen molar-refractivity contribution in [3.05, 3.63) is 30.6 Å². The van der Waals surface area contributed by atoms with Crippen LogP contribution >= 0.6 is 0 Å². The molecule has 0 saturated heterocycles. The maximum atomic E-state index is 10.5. The zero-order chi connectivity index (χ0) is 8.55. The molecule has 2 rings (SSSR count). The highest BCUT2D eigenvalue weighted by molar-refractivity contribution is 5.88. The van der Waals surface area contributed by atoms with Crippen LogP contribution in [0.4, 0.5) is 0 Å². The highest BCUT2D eigenvalue weighted by atomic mass is 16.7. The Kier molecular flexibility index (Phi) is 1.40. The molecule has 0 unspecified atom stereocenters. The van der Waals surface area contributed by atoms with Gasteiger partial charge in [-0.25, -0.2) is 4.79 Å². The standard InChI is InChI=1S/C8H5O4/c9-8(10)5-1-2-6-7(3-5)12-4-11-6/h1-4H,(H,9,10). The first-order valence-electron chi connectivity index (χ1n) is 3.30. The topological polar surface area (TPSA) is 55.8 Å². The van der Waals surface area contributed by atoms with E-state index < -0.39 is 5.97 Å². The van der Waals surface area contributed by atoms with Crippen LogP contribution in [-0.4, -0.2) is 11.1 Å². The Morgan fingerprint density at radius 3 is 2.75 bits per heavy atom. The molecular formula is C8H5O4. The molecule has 1 radical (unpaired) electrons. The molecule has 1 aromatic carbocycles. The van der Waals surface area contributed by atoms with E-state index in [1.54, 1.807) is 6.07 Å². The van der Waals surface area contributed by atoms with Gasteiger partial charge in [0.25, 0.3) is 0 Å². The van der Waals surface area contributed by atoms with Crippen molar-refractivity contribution < 1.29 is 19.4 Å². The molecule has 1 heterocycles. The second kappa shape index (κ2) is 2.41. The van der Waals surface area contributed by atoms with Crippen molar-refractivity contribution in [3.8, 4) is 11.5 Å². The van der Waals surface area contributed by atoms with E-state index in [4.69, 9.17) is 14.6 Å². The van der Waals surface area contributed by atoms with E-state index in [1.165, 1.54) is 12.1 Å². The average Bonchev–Trinajstić information content (AvgIpc) is 2.49. The number of hydrogen-bond acceptors (Lipinski definition) is 3. The summed E-state index contributed by atoms with van der Waals surface area (Å²) in [5.74, 6) is 0.00296. The lowest BCUT2D eigenvalue weighted by Crippen LogP contribution is -1.94. The third-order valence-corrected chi connectivity index (χ3v) is 1.54. The second-order valence-electron chi connectivity index (χ2n) is 2.30. The highest BCUT2D eigenvalue weighted by Gasteiger charge is 2.16. The fraction of sp³-hybridized carbons (Fsp3) is 0. The van der Waals surface area contributed by atoms with Gasteiger partial charge < -0.3 is 14.6 Å². The van der Waals surface area contributed by atoms with Crippen LogP contribution in [0.5, 0.6) is 11.5 Å². The number of aromatic carboxylic acids is 1. The summed E-state index contributed by atoms with van der Waals surface area (Å²) in [4.78, 5) is 10.5. The van der Waals surface area contributed by atoms with Crippen LogP contribution in [0.25, 0.3) is 0 Å². The van der Waals surface area contributed by atoms with Crippen molar-refractivity contribution in [2.45, 2.75) is 0 Å². The van der Waals surface area contributed by atoms with Gasteiger partial charge in [0.2, 0.25) is 0 Å². The second-order valence-corrected chi connectivity index (χ2v) is 2.30. The largest absolute Gasteiger partial charge is 0.478 e. The molecule has 0 aromatic heterocycles. The summed E-state index contributed by atoms with van der Waals surface area (Å²) < 4.78 is 9.77. The Bertz CT molecular complexity index is 332. The van der Waals surface area contributed by atoms with Crippen LogP contribution in [0, 0.1) is 6.79 Å². The van der Waals surface area contributed by atoms with Crippen molar-refractivity contribution in [1.82, 2.24) is 0 Å². The van der Waals surface area contributed by atoms with Crippen molar-refractivity contribution in [2.24, 2.45) is 0 Å². The first-order chi connectivity index (χ1) is 5.77. The molecule has 1 aliphatic rings. The normalized spacial score (nSPS) is 13.0. The molecule has 0 aliphatic carbocycles. The van der Waals surface area contributed by atoms with Gasteiger partial charge in [0.1, 0.15) is 0 Å². The quantitative estimate of drug-likeness (QED) is 0.680. The fourth-order valence-electron chi connectivity index (χ4n) is 0.958. The molecule has 0 fully saturated rings. The van der Waals surface area contributed by atoms with Gasteiger partial charge in [-0.15, -0.1) is 0 Å². The number of ether oxygens (including phenoxy) is 2. The molecule has 0 atom stereocenters. The SMILES string of the molecule is O=C(O)c1ccc2c(c1)O[CH]O2. The first-order valence-corrected chi connectivity index (χ1v) is 3.30. The van der Waals surface area contributed by atoms with Gasteiger partial charge in [0.05, 0.1) is 5.56 Å². The third kappa shape index (κ3) is 0.972. The lowest BCUT2D eigenvalue weighted by atomic mass is 10.2. The van der Waals surface area contributed by atoms with Crippen molar-refractivity contribution in [1.29, 1.82) is 0 Å². The monoisotopic (exact) mass is 165 g/mol. The summed E-state index contributed by atoms with van der Waals surface area (Å²) in [5.41, 5.74) is 0.188. The van der Waals surface area contributed by atoms with Gasteiger partial charge in [-0.05, 0) is 18.2 Å². The van der Waals surface area contributed by atoms with E-state index in [-0.39, 0.29) is 5.56 Å². The van der Waals surface area contributed by atoms with Gasteiger partial charge >= 0.3 is 12.8 Å². The summed E-state index contributed by atoms with van der Waals surface area (Å²) >= 11 is 0. The van der Waals surface area contributed by atoms with Gasteiger partial charge in [0.15, 0.2) is 11.5 Å². The molecule has 1 aliphatic heterocycles. The predicted octanol–water partition coefficient (Wildman–Crippen LogP) is 1.28. The number of benzene rings is 1. The average molecular weight is 165 g/mol. The maximum absolute atomic E-state index is 10.5. The van der Waals surface area contributed by atoms with Crippen LogP contribution < -0.4 is 9.47 Å². The molecule has 61 valence electrons. The summed E-state index contributed by atoms with van der Waals surface area (Å²) in [6, 6.07) is 4.44. The van der Waals surface area contributed by atoms with Crippen molar-refractivity contribution >= 4 is 5.97 Å². The maximum Gasteiger partial charge on any atom is 0.335 e. The van der Waals surface area contributed by atoms with E-state index >= 15 is 0 Å². The van der Waals surface area contributed by atoms with E-state index in [9.17, 15) is 4.79 Å². The Balaban J connectivity index is 2.45. The minimum atomic E-state index is -0.978. The summed E-state index contributed by atoms with van der Waals surface area (Å²) in [7, 11) is 0. The molecule has 1 N–H and O–H groups in total. The van der Waals surface area contributed by atoms with Crippen LogP contribution in [0.15, 0.2) is 18.2 Å². The Morgan fingerprint density at radius 2 is 2.00 bits per heavy atom. The summed E-state index contributed by atoms with van der Waals surface area (Å²) in [6.45, 7) is 1.16. The van der Waals surface area contributed by atoms with Gasteiger partial charge in [-0.1, -0.05) is 0 Å². The van der Waals surface area contributed by atoms with Crippen molar-refractivity contribution in [3.63, 3.8) is 0 Å². The number of carboxylic acids is 1. The number of rotatable bonds is 1. The lowest BCUT2D eigenvalue weighted by Gasteiger charge is -1.96. The van der Waals surface area contributed by atoms with Gasteiger partial charge in [-0.3, -0.25) is 0 Å². The van der Waals surface area contributed by atoms with E-state index in [0.717, 1.165) is 6.79 Å². The van der Waals surface area contributed by atoms with Gasteiger partial charge in [-0.2, -0.15) is 0 Å². The van der Waals surface area contributed by atoms with Crippen LogP contribution in [0.1, 0.15) is 10.4 Å². The molecule has 0 bridgehead atoms. The molecule has 0 spiro atoms. The number of carboxylic acid groups (broad SMARTS) is 1. The smallest absolute Gasteiger partial charge is 0.335 e. The number of hydrogen-bond donors (Lipinski definition) is 1.